The maximum absolute atomic E-state index is 10.5. The summed E-state index contributed by atoms with van der Waals surface area (Å²) in [5.74, 6) is 0.770. The van der Waals surface area contributed by atoms with E-state index in [0.717, 1.165) is 28.3 Å². The van der Waals surface area contributed by atoms with Gasteiger partial charge >= 0.3 is 0 Å². The van der Waals surface area contributed by atoms with Crippen molar-refractivity contribution >= 4 is 17.0 Å². The van der Waals surface area contributed by atoms with E-state index in [1.807, 2.05) is 55.9 Å². The molecule has 124 valence electrons. The van der Waals surface area contributed by atoms with E-state index < -0.39 is 6.10 Å². The Morgan fingerprint density at radius 3 is 2.29 bits per heavy atom. The van der Waals surface area contributed by atoms with Gasteiger partial charge in [-0.3, -0.25) is 0 Å². The third kappa shape index (κ3) is 3.42. The number of aliphatic hydroxyl groups is 1. The molecule has 0 spiro atoms. The SMILES string of the molecule is COc1ccc(C(O)c2nc(-c3ccc(N(C)C)cc3)cs2)cc1. The highest BCUT2D eigenvalue weighted by atomic mass is 32.1. The Morgan fingerprint density at radius 2 is 1.71 bits per heavy atom. The summed E-state index contributed by atoms with van der Waals surface area (Å²) >= 11 is 1.46. The third-order valence-electron chi connectivity index (χ3n) is 3.87. The van der Waals surface area contributed by atoms with Gasteiger partial charge in [0.2, 0.25) is 0 Å². The summed E-state index contributed by atoms with van der Waals surface area (Å²) in [7, 11) is 5.66. The van der Waals surface area contributed by atoms with E-state index in [1.165, 1.54) is 11.3 Å². The Kier molecular flexibility index (Phi) is 4.83. The number of aliphatic hydroxyl groups excluding tert-OH is 1. The molecule has 24 heavy (non-hydrogen) atoms. The molecule has 2 aromatic carbocycles. The normalized spacial score (nSPS) is 12.0. The smallest absolute Gasteiger partial charge is 0.131 e. The van der Waals surface area contributed by atoms with Crippen molar-refractivity contribution in [3.05, 3.63) is 64.5 Å². The first kappa shape index (κ1) is 16.5. The quantitative estimate of drug-likeness (QED) is 0.763. The van der Waals surface area contributed by atoms with Crippen LogP contribution < -0.4 is 9.64 Å². The van der Waals surface area contributed by atoms with Crippen molar-refractivity contribution in [2.75, 3.05) is 26.1 Å². The van der Waals surface area contributed by atoms with Crippen LogP contribution in [0, 0.1) is 0 Å². The second kappa shape index (κ2) is 7.03. The number of methoxy groups -OCH3 is 1. The molecular weight excluding hydrogens is 320 g/mol. The zero-order valence-electron chi connectivity index (χ0n) is 13.9. The van der Waals surface area contributed by atoms with Gasteiger partial charge in [-0.25, -0.2) is 4.98 Å². The van der Waals surface area contributed by atoms with Crippen molar-refractivity contribution in [2.45, 2.75) is 6.10 Å². The number of aromatic nitrogens is 1. The van der Waals surface area contributed by atoms with Gasteiger partial charge in [0.05, 0.1) is 12.8 Å². The second-order valence-corrected chi connectivity index (χ2v) is 6.58. The molecule has 1 heterocycles. The van der Waals surface area contributed by atoms with E-state index in [4.69, 9.17) is 4.74 Å². The maximum atomic E-state index is 10.5. The van der Waals surface area contributed by atoms with Crippen LogP contribution in [0.15, 0.2) is 53.9 Å². The highest BCUT2D eigenvalue weighted by Gasteiger charge is 2.15. The summed E-state index contributed by atoms with van der Waals surface area (Å²) in [5.41, 5.74) is 3.88. The molecule has 4 nitrogen and oxygen atoms in total. The van der Waals surface area contributed by atoms with Crippen LogP contribution in [0.4, 0.5) is 5.69 Å². The van der Waals surface area contributed by atoms with Crippen molar-refractivity contribution in [1.29, 1.82) is 0 Å². The summed E-state index contributed by atoms with van der Waals surface area (Å²) < 4.78 is 5.14. The van der Waals surface area contributed by atoms with Crippen LogP contribution in [0.5, 0.6) is 5.75 Å². The van der Waals surface area contributed by atoms with Crippen LogP contribution >= 0.6 is 11.3 Å². The molecule has 0 saturated carbocycles. The molecule has 5 heteroatoms. The number of benzene rings is 2. The monoisotopic (exact) mass is 340 g/mol. The van der Waals surface area contributed by atoms with Crippen LogP contribution in [0.2, 0.25) is 0 Å². The molecule has 0 aliphatic carbocycles. The lowest BCUT2D eigenvalue weighted by molar-refractivity contribution is 0.220. The Bertz CT molecular complexity index is 795. The maximum Gasteiger partial charge on any atom is 0.131 e. The number of anilines is 1. The molecule has 3 aromatic rings. The molecule has 0 fully saturated rings. The number of nitrogens with zero attached hydrogens (tertiary/aromatic N) is 2. The van der Waals surface area contributed by atoms with Gasteiger partial charge in [-0.1, -0.05) is 24.3 Å². The lowest BCUT2D eigenvalue weighted by Gasteiger charge is -2.12. The van der Waals surface area contributed by atoms with Crippen LogP contribution in [0.3, 0.4) is 0 Å². The Hall–Kier alpha value is -2.37. The summed E-state index contributed by atoms with van der Waals surface area (Å²) in [6, 6.07) is 15.6. The van der Waals surface area contributed by atoms with Gasteiger partial charge in [0.1, 0.15) is 16.9 Å². The zero-order valence-corrected chi connectivity index (χ0v) is 14.7. The van der Waals surface area contributed by atoms with Gasteiger partial charge < -0.3 is 14.7 Å². The molecular formula is C19H20N2O2S. The molecule has 0 bridgehead atoms. The molecule has 1 atom stereocenters. The molecule has 1 aromatic heterocycles. The van der Waals surface area contributed by atoms with Gasteiger partial charge in [0.15, 0.2) is 0 Å². The molecule has 0 aliphatic rings. The summed E-state index contributed by atoms with van der Waals surface area (Å²) in [6.07, 6.45) is -0.726. The molecule has 1 unspecified atom stereocenters. The molecule has 3 rings (SSSR count). The number of ether oxygens (including phenoxy) is 1. The lowest BCUT2D eigenvalue weighted by atomic mass is 10.1. The van der Waals surface area contributed by atoms with Gasteiger partial charge in [-0.2, -0.15) is 0 Å². The van der Waals surface area contributed by atoms with Crippen LogP contribution in [0.1, 0.15) is 16.7 Å². The van der Waals surface area contributed by atoms with Crippen molar-refractivity contribution in [3.63, 3.8) is 0 Å². The minimum atomic E-state index is -0.726. The summed E-state index contributed by atoms with van der Waals surface area (Å²) in [4.78, 5) is 6.66. The molecule has 0 aliphatic heterocycles. The highest BCUT2D eigenvalue weighted by Crippen LogP contribution is 2.30. The highest BCUT2D eigenvalue weighted by molar-refractivity contribution is 7.10. The van der Waals surface area contributed by atoms with E-state index in [-0.39, 0.29) is 0 Å². The minimum absolute atomic E-state index is 0.687. The van der Waals surface area contributed by atoms with Crippen LogP contribution in [0.25, 0.3) is 11.3 Å². The summed E-state index contributed by atoms with van der Waals surface area (Å²) in [6.45, 7) is 0. The first-order valence-electron chi connectivity index (χ1n) is 7.63. The summed E-state index contributed by atoms with van der Waals surface area (Å²) in [5, 5.41) is 13.2. The van der Waals surface area contributed by atoms with Crippen LogP contribution in [-0.4, -0.2) is 31.3 Å². The predicted molar refractivity (Wildman–Crippen MR) is 98.9 cm³/mol. The van der Waals surface area contributed by atoms with Gasteiger partial charge in [0.25, 0.3) is 0 Å². The fourth-order valence-electron chi connectivity index (χ4n) is 2.40. The Labute approximate surface area is 146 Å². The number of thiazole rings is 1. The Morgan fingerprint density at radius 1 is 1.04 bits per heavy atom. The van der Waals surface area contributed by atoms with Gasteiger partial charge in [0, 0.05) is 30.7 Å². The fourth-order valence-corrected chi connectivity index (χ4v) is 3.24. The number of hydrogen-bond donors (Lipinski definition) is 1. The average molecular weight is 340 g/mol. The molecule has 0 radical (unpaired) electrons. The van der Waals surface area contributed by atoms with Crippen molar-refractivity contribution in [1.82, 2.24) is 4.98 Å². The number of rotatable bonds is 5. The average Bonchev–Trinajstić information content (AvgIpc) is 3.11. The minimum Gasteiger partial charge on any atom is -0.497 e. The topological polar surface area (TPSA) is 45.6 Å². The largest absolute Gasteiger partial charge is 0.497 e. The third-order valence-corrected chi connectivity index (χ3v) is 4.76. The lowest BCUT2D eigenvalue weighted by Crippen LogP contribution is -2.07. The van der Waals surface area contributed by atoms with E-state index in [2.05, 4.69) is 22.0 Å². The van der Waals surface area contributed by atoms with Gasteiger partial charge in [-0.05, 0) is 29.8 Å². The van der Waals surface area contributed by atoms with Crippen molar-refractivity contribution in [2.24, 2.45) is 0 Å². The first-order valence-corrected chi connectivity index (χ1v) is 8.51. The van der Waals surface area contributed by atoms with E-state index in [9.17, 15) is 5.11 Å². The Balaban J connectivity index is 1.81. The van der Waals surface area contributed by atoms with Crippen molar-refractivity contribution in [3.8, 4) is 17.0 Å². The van der Waals surface area contributed by atoms with E-state index >= 15 is 0 Å². The zero-order chi connectivity index (χ0) is 17.1. The fraction of sp³-hybridized carbons (Fsp3) is 0.211. The standard InChI is InChI=1S/C19H20N2O2S/c1-21(2)15-8-4-13(5-9-15)17-12-24-19(20-17)18(22)14-6-10-16(23-3)11-7-14/h4-12,18,22H,1-3H3. The molecule has 1 N–H and O–H groups in total. The molecule has 0 amide bonds. The van der Waals surface area contributed by atoms with Gasteiger partial charge in [-0.15, -0.1) is 11.3 Å². The predicted octanol–water partition coefficient (Wildman–Crippen LogP) is 3.97. The second-order valence-electron chi connectivity index (χ2n) is 5.69. The van der Waals surface area contributed by atoms with E-state index in [1.54, 1.807) is 7.11 Å². The molecule has 0 saturated heterocycles. The van der Waals surface area contributed by atoms with Crippen LogP contribution in [-0.2, 0) is 0 Å². The van der Waals surface area contributed by atoms with E-state index in [0.29, 0.717) is 5.01 Å². The first-order chi connectivity index (χ1) is 11.6. The number of hydrogen-bond acceptors (Lipinski definition) is 5. The van der Waals surface area contributed by atoms with Crippen molar-refractivity contribution < 1.29 is 9.84 Å².